The number of carbonyl (C=O) groups excluding carboxylic acids is 1. The fraction of sp³-hybridized carbons (Fsp3) is 0.750. The second-order valence-electron chi connectivity index (χ2n) is 8.24. The van der Waals surface area contributed by atoms with Gasteiger partial charge in [0.1, 0.15) is 0 Å². The molecule has 0 aromatic carbocycles. The molecule has 2 aliphatic heterocycles. The summed E-state index contributed by atoms with van der Waals surface area (Å²) in [5, 5.41) is 0. The van der Waals surface area contributed by atoms with E-state index in [0.29, 0.717) is 12.0 Å². The maximum absolute atomic E-state index is 13.2. The van der Waals surface area contributed by atoms with Gasteiger partial charge in [-0.1, -0.05) is 6.92 Å². The van der Waals surface area contributed by atoms with Gasteiger partial charge in [-0.25, -0.2) is 0 Å². The van der Waals surface area contributed by atoms with E-state index in [1.807, 2.05) is 0 Å². The molecule has 0 bridgehead atoms. The fourth-order valence-electron chi connectivity index (χ4n) is 4.53. The zero-order valence-corrected chi connectivity index (χ0v) is 15.8. The number of nitrogens with zero attached hydrogens (tertiary/aromatic N) is 3. The largest absolute Gasteiger partial charge is 0.379 e. The first-order chi connectivity index (χ1) is 12.0. The van der Waals surface area contributed by atoms with Crippen molar-refractivity contribution >= 4 is 5.91 Å². The van der Waals surface area contributed by atoms with Crippen LogP contribution in [0, 0.1) is 25.7 Å². The maximum atomic E-state index is 13.2. The molecule has 1 amide bonds. The maximum Gasteiger partial charge on any atom is 0.255 e. The van der Waals surface area contributed by atoms with Gasteiger partial charge in [-0.05, 0) is 44.6 Å². The van der Waals surface area contributed by atoms with Crippen molar-refractivity contribution in [2.45, 2.75) is 46.2 Å². The van der Waals surface area contributed by atoms with Gasteiger partial charge < -0.3 is 14.2 Å². The Labute approximate surface area is 150 Å². The lowest BCUT2D eigenvalue weighted by Crippen LogP contribution is -2.47. The van der Waals surface area contributed by atoms with Gasteiger partial charge in [0.25, 0.3) is 5.91 Å². The molecule has 5 nitrogen and oxygen atoms in total. The summed E-state index contributed by atoms with van der Waals surface area (Å²) in [5.74, 6) is 1.57. The number of morpholine rings is 1. The van der Waals surface area contributed by atoms with E-state index >= 15 is 0 Å². The van der Waals surface area contributed by atoms with Gasteiger partial charge in [0.2, 0.25) is 0 Å². The van der Waals surface area contributed by atoms with Crippen molar-refractivity contribution in [2.24, 2.45) is 11.8 Å². The standard InChI is InChI=1S/C20H31N3O2/c1-14-11-22(13-19(14)21-6-8-25-9-7-21)20(24)18-10-15(2)23(16(18)3)12-17-4-5-17/h10,14,17,19H,4-9,11-13H2,1-3H3/t14-,19+/m1/s1. The number of aryl methyl sites for hydroxylation is 1. The molecule has 1 aromatic rings. The Morgan fingerprint density at radius 1 is 1.20 bits per heavy atom. The lowest BCUT2D eigenvalue weighted by atomic mass is 10.0. The van der Waals surface area contributed by atoms with Crippen molar-refractivity contribution in [3.05, 3.63) is 23.0 Å². The van der Waals surface area contributed by atoms with Crippen LogP contribution >= 0.6 is 0 Å². The van der Waals surface area contributed by atoms with Crippen LogP contribution in [-0.4, -0.2) is 65.7 Å². The van der Waals surface area contributed by atoms with Crippen LogP contribution in [0.1, 0.15) is 41.5 Å². The average molecular weight is 345 g/mol. The fourth-order valence-corrected chi connectivity index (χ4v) is 4.53. The van der Waals surface area contributed by atoms with Gasteiger partial charge in [0, 0.05) is 50.2 Å². The monoisotopic (exact) mass is 345 g/mol. The van der Waals surface area contributed by atoms with Crippen LogP contribution in [-0.2, 0) is 11.3 Å². The Kier molecular flexibility index (Phi) is 4.63. The van der Waals surface area contributed by atoms with Crippen molar-refractivity contribution in [2.75, 3.05) is 39.4 Å². The predicted octanol–water partition coefficient (Wildman–Crippen LogP) is 2.31. The predicted molar refractivity (Wildman–Crippen MR) is 97.9 cm³/mol. The highest BCUT2D eigenvalue weighted by Crippen LogP contribution is 2.33. The Morgan fingerprint density at radius 3 is 2.60 bits per heavy atom. The average Bonchev–Trinajstić information content (AvgIpc) is 3.29. The molecule has 1 saturated carbocycles. The molecule has 2 saturated heterocycles. The highest BCUT2D eigenvalue weighted by Gasteiger charge is 2.37. The Bertz CT molecular complexity index is 644. The topological polar surface area (TPSA) is 37.7 Å². The lowest BCUT2D eigenvalue weighted by molar-refractivity contribution is 0.0119. The third kappa shape index (κ3) is 3.36. The summed E-state index contributed by atoms with van der Waals surface area (Å²) in [6.07, 6.45) is 2.68. The van der Waals surface area contributed by atoms with E-state index in [4.69, 9.17) is 4.74 Å². The molecular formula is C20H31N3O2. The number of carbonyl (C=O) groups is 1. The summed E-state index contributed by atoms with van der Waals surface area (Å²) in [4.78, 5) is 17.8. The zero-order valence-electron chi connectivity index (χ0n) is 15.8. The number of rotatable bonds is 4. The summed E-state index contributed by atoms with van der Waals surface area (Å²) in [5.41, 5.74) is 3.29. The van der Waals surface area contributed by atoms with E-state index in [9.17, 15) is 4.79 Å². The van der Waals surface area contributed by atoms with E-state index in [2.05, 4.69) is 41.2 Å². The molecule has 1 aliphatic carbocycles. The van der Waals surface area contributed by atoms with Crippen molar-refractivity contribution in [1.29, 1.82) is 0 Å². The minimum atomic E-state index is 0.220. The van der Waals surface area contributed by atoms with E-state index in [1.54, 1.807) is 0 Å². The van der Waals surface area contributed by atoms with Crippen LogP contribution < -0.4 is 0 Å². The molecule has 0 unspecified atom stereocenters. The molecule has 3 aliphatic rings. The first kappa shape index (κ1) is 17.1. The third-order valence-corrected chi connectivity index (χ3v) is 6.32. The number of amides is 1. The number of hydrogen-bond donors (Lipinski definition) is 0. The summed E-state index contributed by atoms with van der Waals surface area (Å²) >= 11 is 0. The molecule has 0 N–H and O–H groups in total. The minimum Gasteiger partial charge on any atom is -0.379 e. The second kappa shape index (κ2) is 6.76. The Morgan fingerprint density at radius 2 is 1.92 bits per heavy atom. The van der Waals surface area contributed by atoms with Crippen LogP contribution in [0.3, 0.4) is 0 Å². The van der Waals surface area contributed by atoms with E-state index in [-0.39, 0.29) is 5.91 Å². The summed E-state index contributed by atoms with van der Waals surface area (Å²) in [6.45, 7) is 13.0. The first-order valence-electron chi connectivity index (χ1n) is 9.82. The summed E-state index contributed by atoms with van der Waals surface area (Å²) in [6, 6.07) is 2.58. The van der Waals surface area contributed by atoms with Crippen molar-refractivity contribution in [1.82, 2.24) is 14.4 Å². The SMILES string of the molecule is Cc1cc(C(=O)N2C[C@@H](C)[C@@H](N3CCOCC3)C2)c(C)n1CC1CC1. The summed E-state index contributed by atoms with van der Waals surface area (Å²) < 4.78 is 7.83. The van der Waals surface area contributed by atoms with Crippen LogP contribution in [0.5, 0.6) is 0 Å². The third-order valence-electron chi connectivity index (χ3n) is 6.32. The summed E-state index contributed by atoms with van der Waals surface area (Å²) in [7, 11) is 0. The first-order valence-corrected chi connectivity index (χ1v) is 9.82. The number of likely N-dealkylation sites (tertiary alicyclic amines) is 1. The Hall–Kier alpha value is -1.33. The smallest absolute Gasteiger partial charge is 0.255 e. The van der Waals surface area contributed by atoms with Gasteiger partial charge in [0.05, 0.1) is 18.8 Å². The molecule has 0 spiro atoms. The van der Waals surface area contributed by atoms with Crippen molar-refractivity contribution in [3.8, 4) is 0 Å². The minimum absolute atomic E-state index is 0.220. The molecule has 3 fully saturated rings. The van der Waals surface area contributed by atoms with Crippen LogP contribution in [0.25, 0.3) is 0 Å². The van der Waals surface area contributed by atoms with E-state index < -0.39 is 0 Å². The normalized spacial score (nSPS) is 27.9. The van der Waals surface area contributed by atoms with Gasteiger partial charge in [-0.15, -0.1) is 0 Å². The zero-order chi connectivity index (χ0) is 17.6. The molecule has 2 atom stereocenters. The van der Waals surface area contributed by atoms with Gasteiger partial charge in [-0.3, -0.25) is 9.69 Å². The number of aromatic nitrogens is 1. The molecule has 1 aromatic heterocycles. The lowest BCUT2D eigenvalue weighted by Gasteiger charge is -2.33. The van der Waals surface area contributed by atoms with Crippen LogP contribution in [0.4, 0.5) is 0 Å². The highest BCUT2D eigenvalue weighted by atomic mass is 16.5. The van der Waals surface area contributed by atoms with Crippen LogP contribution in [0.2, 0.25) is 0 Å². The molecule has 4 rings (SSSR count). The molecular weight excluding hydrogens is 314 g/mol. The molecule has 3 heterocycles. The quantitative estimate of drug-likeness (QED) is 0.840. The van der Waals surface area contributed by atoms with E-state index in [1.165, 1.54) is 18.5 Å². The number of hydrogen-bond acceptors (Lipinski definition) is 3. The van der Waals surface area contributed by atoms with Crippen LogP contribution in [0.15, 0.2) is 6.07 Å². The number of ether oxygens (including phenoxy) is 1. The second-order valence-corrected chi connectivity index (χ2v) is 8.24. The molecule has 138 valence electrons. The Balaban J connectivity index is 1.47. The molecule has 5 heteroatoms. The van der Waals surface area contributed by atoms with Gasteiger partial charge in [0.15, 0.2) is 0 Å². The highest BCUT2D eigenvalue weighted by molar-refractivity contribution is 5.96. The van der Waals surface area contributed by atoms with Gasteiger partial charge >= 0.3 is 0 Å². The van der Waals surface area contributed by atoms with E-state index in [0.717, 1.165) is 63.1 Å². The van der Waals surface area contributed by atoms with Gasteiger partial charge in [-0.2, -0.15) is 0 Å². The van der Waals surface area contributed by atoms with Crippen molar-refractivity contribution < 1.29 is 9.53 Å². The van der Waals surface area contributed by atoms with Crippen molar-refractivity contribution in [3.63, 3.8) is 0 Å². The molecule has 0 radical (unpaired) electrons. The molecule has 25 heavy (non-hydrogen) atoms.